The summed E-state index contributed by atoms with van der Waals surface area (Å²) in [5, 5.41) is 5.47. The molecule has 142 valence electrons. The molecule has 0 aliphatic carbocycles. The monoisotopic (exact) mass is 380 g/mol. The van der Waals surface area contributed by atoms with Crippen molar-refractivity contribution in [2.75, 3.05) is 17.2 Å². The molecule has 0 saturated carbocycles. The first kappa shape index (κ1) is 17.8. The fourth-order valence-electron chi connectivity index (χ4n) is 2.94. The molecule has 3 aromatic rings. The van der Waals surface area contributed by atoms with Crippen molar-refractivity contribution in [1.82, 2.24) is 0 Å². The SMILES string of the molecule is O=C(CCc1ccc(-c2ccccc2F)o1)Nc1ccc2c(c1)NC(=O)CO2. The molecule has 2 N–H and O–H groups in total. The van der Waals surface area contributed by atoms with E-state index in [1.165, 1.54) is 6.07 Å². The van der Waals surface area contributed by atoms with Crippen LogP contribution in [0.25, 0.3) is 11.3 Å². The first-order valence-electron chi connectivity index (χ1n) is 8.79. The summed E-state index contributed by atoms with van der Waals surface area (Å²) in [7, 11) is 0. The lowest BCUT2D eigenvalue weighted by Crippen LogP contribution is -2.25. The molecule has 0 fully saturated rings. The van der Waals surface area contributed by atoms with Gasteiger partial charge in [0, 0.05) is 18.5 Å². The number of fused-ring (bicyclic) bond motifs is 1. The molecular formula is C21H17FN2O4. The van der Waals surface area contributed by atoms with Crippen LogP contribution in [0.15, 0.2) is 59.0 Å². The van der Waals surface area contributed by atoms with Crippen molar-refractivity contribution in [3.63, 3.8) is 0 Å². The molecule has 1 aliphatic rings. The van der Waals surface area contributed by atoms with Crippen molar-refractivity contribution < 1.29 is 23.1 Å². The van der Waals surface area contributed by atoms with Gasteiger partial charge in [0.2, 0.25) is 5.91 Å². The van der Waals surface area contributed by atoms with E-state index in [-0.39, 0.29) is 30.7 Å². The summed E-state index contributed by atoms with van der Waals surface area (Å²) in [5.74, 6) is 0.795. The molecule has 0 unspecified atom stereocenters. The van der Waals surface area contributed by atoms with Crippen LogP contribution in [0.2, 0.25) is 0 Å². The van der Waals surface area contributed by atoms with Gasteiger partial charge < -0.3 is 19.8 Å². The molecule has 0 bridgehead atoms. The minimum Gasteiger partial charge on any atom is -0.482 e. The van der Waals surface area contributed by atoms with E-state index in [1.54, 1.807) is 48.5 Å². The Hall–Kier alpha value is -3.61. The number of hydrogen-bond acceptors (Lipinski definition) is 4. The molecule has 0 saturated heterocycles. The van der Waals surface area contributed by atoms with Gasteiger partial charge in [-0.25, -0.2) is 4.39 Å². The van der Waals surface area contributed by atoms with Gasteiger partial charge in [0.15, 0.2) is 6.61 Å². The second-order valence-electron chi connectivity index (χ2n) is 6.34. The number of furan rings is 1. The highest BCUT2D eigenvalue weighted by Gasteiger charge is 2.16. The Bertz CT molecular complexity index is 1040. The Kier molecular flexibility index (Phi) is 4.80. The number of rotatable bonds is 5. The molecule has 2 aromatic carbocycles. The molecule has 0 radical (unpaired) electrons. The summed E-state index contributed by atoms with van der Waals surface area (Å²) in [6, 6.07) is 14.8. The van der Waals surface area contributed by atoms with E-state index in [2.05, 4.69) is 10.6 Å². The van der Waals surface area contributed by atoms with Crippen molar-refractivity contribution in [3.05, 3.63) is 66.2 Å². The van der Waals surface area contributed by atoms with Gasteiger partial charge in [-0.1, -0.05) is 12.1 Å². The summed E-state index contributed by atoms with van der Waals surface area (Å²) in [6.45, 7) is -0.0171. The number of anilines is 2. The van der Waals surface area contributed by atoms with Crippen molar-refractivity contribution in [2.24, 2.45) is 0 Å². The smallest absolute Gasteiger partial charge is 0.262 e. The largest absolute Gasteiger partial charge is 0.482 e. The first-order chi connectivity index (χ1) is 13.6. The maximum Gasteiger partial charge on any atom is 0.262 e. The van der Waals surface area contributed by atoms with E-state index in [0.717, 1.165) is 0 Å². The number of halogens is 1. The molecule has 0 spiro atoms. The summed E-state index contributed by atoms with van der Waals surface area (Å²) in [5.41, 5.74) is 1.46. The highest BCUT2D eigenvalue weighted by Crippen LogP contribution is 2.30. The number of aryl methyl sites for hydroxylation is 1. The molecule has 28 heavy (non-hydrogen) atoms. The molecular weight excluding hydrogens is 363 g/mol. The Morgan fingerprint density at radius 1 is 1.14 bits per heavy atom. The van der Waals surface area contributed by atoms with Gasteiger partial charge in [0.1, 0.15) is 23.1 Å². The van der Waals surface area contributed by atoms with Crippen LogP contribution >= 0.6 is 0 Å². The van der Waals surface area contributed by atoms with Crippen LogP contribution in [0.4, 0.5) is 15.8 Å². The van der Waals surface area contributed by atoms with Crippen molar-refractivity contribution in [2.45, 2.75) is 12.8 Å². The predicted molar refractivity (Wildman–Crippen MR) is 102 cm³/mol. The van der Waals surface area contributed by atoms with Crippen molar-refractivity contribution >= 4 is 23.2 Å². The van der Waals surface area contributed by atoms with Gasteiger partial charge in [-0.15, -0.1) is 0 Å². The average molecular weight is 380 g/mol. The minimum absolute atomic E-state index is 0.0171. The summed E-state index contributed by atoms with van der Waals surface area (Å²) in [6.07, 6.45) is 0.579. The Morgan fingerprint density at radius 3 is 2.86 bits per heavy atom. The normalized spacial score (nSPS) is 12.7. The average Bonchev–Trinajstić information content (AvgIpc) is 3.15. The van der Waals surface area contributed by atoms with Crippen LogP contribution in [0.1, 0.15) is 12.2 Å². The molecule has 0 atom stereocenters. The van der Waals surface area contributed by atoms with Gasteiger partial charge in [0.05, 0.1) is 11.3 Å². The third-order valence-corrected chi connectivity index (χ3v) is 4.30. The van der Waals surface area contributed by atoms with Crippen molar-refractivity contribution in [3.8, 4) is 17.1 Å². The molecule has 1 aromatic heterocycles. The second kappa shape index (κ2) is 7.56. The number of amides is 2. The number of nitrogens with one attached hydrogen (secondary N) is 2. The van der Waals surface area contributed by atoms with E-state index in [9.17, 15) is 14.0 Å². The van der Waals surface area contributed by atoms with Crippen LogP contribution in [0.3, 0.4) is 0 Å². The fourth-order valence-corrected chi connectivity index (χ4v) is 2.94. The second-order valence-corrected chi connectivity index (χ2v) is 6.34. The van der Waals surface area contributed by atoms with E-state index < -0.39 is 0 Å². The zero-order valence-electron chi connectivity index (χ0n) is 14.8. The number of carbonyl (C=O) groups excluding carboxylic acids is 2. The van der Waals surface area contributed by atoms with Gasteiger partial charge >= 0.3 is 0 Å². The lowest BCUT2D eigenvalue weighted by atomic mass is 10.1. The number of hydrogen-bond donors (Lipinski definition) is 2. The van der Waals surface area contributed by atoms with E-state index in [1.807, 2.05) is 0 Å². The third-order valence-electron chi connectivity index (χ3n) is 4.30. The number of ether oxygens (including phenoxy) is 1. The highest BCUT2D eigenvalue weighted by molar-refractivity contribution is 5.97. The van der Waals surface area contributed by atoms with E-state index in [0.29, 0.717) is 40.6 Å². The van der Waals surface area contributed by atoms with Gasteiger partial charge in [0.25, 0.3) is 5.91 Å². The maximum absolute atomic E-state index is 13.8. The topological polar surface area (TPSA) is 80.6 Å². The quantitative estimate of drug-likeness (QED) is 0.701. The summed E-state index contributed by atoms with van der Waals surface area (Å²) < 4.78 is 24.8. The lowest BCUT2D eigenvalue weighted by Gasteiger charge is -2.18. The first-order valence-corrected chi connectivity index (χ1v) is 8.79. The van der Waals surface area contributed by atoms with Gasteiger partial charge in [-0.05, 0) is 42.5 Å². The summed E-state index contributed by atoms with van der Waals surface area (Å²) >= 11 is 0. The number of benzene rings is 2. The third kappa shape index (κ3) is 3.88. The van der Waals surface area contributed by atoms with E-state index in [4.69, 9.17) is 9.15 Å². The Labute approximate surface area is 160 Å². The molecule has 6 nitrogen and oxygen atoms in total. The molecule has 2 amide bonds. The fraction of sp³-hybridized carbons (Fsp3) is 0.143. The molecule has 2 heterocycles. The van der Waals surface area contributed by atoms with Crippen LogP contribution in [0, 0.1) is 5.82 Å². The maximum atomic E-state index is 13.8. The zero-order chi connectivity index (χ0) is 19.5. The van der Waals surface area contributed by atoms with Crippen LogP contribution in [0.5, 0.6) is 5.75 Å². The van der Waals surface area contributed by atoms with E-state index >= 15 is 0 Å². The van der Waals surface area contributed by atoms with Crippen LogP contribution < -0.4 is 15.4 Å². The Morgan fingerprint density at radius 2 is 2.00 bits per heavy atom. The zero-order valence-corrected chi connectivity index (χ0v) is 14.8. The summed E-state index contributed by atoms with van der Waals surface area (Å²) in [4.78, 5) is 23.6. The lowest BCUT2D eigenvalue weighted by molar-refractivity contribution is -0.118. The number of carbonyl (C=O) groups is 2. The van der Waals surface area contributed by atoms with Gasteiger partial charge in [-0.3, -0.25) is 9.59 Å². The highest BCUT2D eigenvalue weighted by atomic mass is 19.1. The van der Waals surface area contributed by atoms with Crippen LogP contribution in [-0.4, -0.2) is 18.4 Å². The van der Waals surface area contributed by atoms with Crippen molar-refractivity contribution in [1.29, 1.82) is 0 Å². The molecule has 7 heteroatoms. The Balaban J connectivity index is 1.36. The predicted octanol–water partition coefficient (Wildman–Crippen LogP) is 3.99. The molecule has 1 aliphatic heterocycles. The standard InChI is InChI=1S/C21H17FN2O4/c22-16-4-2-1-3-15(16)18-9-6-14(28-18)7-10-20(25)23-13-5-8-19-17(11-13)24-21(26)12-27-19/h1-6,8-9,11H,7,10,12H2,(H,23,25)(H,24,26). The van der Waals surface area contributed by atoms with Crippen LogP contribution in [-0.2, 0) is 16.0 Å². The molecule has 4 rings (SSSR count). The van der Waals surface area contributed by atoms with Gasteiger partial charge in [-0.2, -0.15) is 0 Å². The minimum atomic E-state index is -0.357.